The number of aryl methyl sites for hydroxylation is 3. The minimum atomic E-state index is 0.0821. The van der Waals surface area contributed by atoms with Crippen LogP contribution in [-0.4, -0.2) is 12.7 Å². The summed E-state index contributed by atoms with van der Waals surface area (Å²) in [5, 5.41) is 0.0821. The van der Waals surface area contributed by atoms with E-state index in [9.17, 15) is 0 Å². The Morgan fingerprint density at radius 1 is 1.29 bits per heavy atom. The van der Waals surface area contributed by atoms with Crippen LogP contribution < -0.4 is 0 Å². The van der Waals surface area contributed by atoms with Crippen molar-refractivity contribution in [2.24, 2.45) is 0 Å². The van der Waals surface area contributed by atoms with Crippen LogP contribution in [0.25, 0.3) is 0 Å². The summed E-state index contributed by atoms with van der Waals surface area (Å²) in [5.41, 5.74) is 5.22. The molecule has 0 spiro atoms. The van der Waals surface area contributed by atoms with Crippen molar-refractivity contribution >= 4 is 11.6 Å². The number of rotatable bonds is 3. The Kier molecular flexibility index (Phi) is 4.11. The molecule has 2 heteroatoms. The van der Waals surface area contributed by atoms with E-state index in [4.69, 9.17) is 16.3 Å². The first-order valence-corrected chi connectivity index (χ1v) is 6.85. The Bertz CT molecular complexity index is 371. The summed E-state index contributed by atoms with van der Waals surface area (Å²) in [7, 11) is 0. The van der Waals surface area contributed by atoms with Crippen LogP contribution in [0.15, 0.2) is 12.1 Å². The van der Waals surface area contributed by atoms with Gasteiger partial charge in [-0.2, -0.15) is 0 Å². The molecule has 17 heavy (non-hydrogen) atoms. The van der Waals surface area contributed by atoms with Crippen molar-refractivity contribution in [1.82, 2.24) is 0 Å². The molecule has 0 radical (unpaired) electrons. The molecule has 1 aromatic rings. The lowest BCUT2D eigenvalue weighted by Gasteiger charge is -2.19. The van der Waals surface area contributed by atoms with Crippen LogP contribution in [0.2, 0.25) is 0 Å². The number of hydrogen-bond donors (Lipinski definition) is 0. The maximum Gasteiger partial charge on any atom is 0.0615 e. The van der Waals surface area contributed by atoms with Crippen LogP contribution in [-0.2, 0) is 4.74 Å². The van der Waals surface area contributed by atoms with E-state index >= 15 is 0 Å². The minimum absolute atomic E-state index is 0.0821. The monoisotopic (exact) mass is 252 g/mol. The highest BCUT2D eigenvalue weighted by Gasteiger charge is 2.22. The lowest BCUT2D eigenvalue weighted by Crippen LogP contribution is -2.10. The molecule has 2 unspecified atom stereocenters. The molecular formula is C15H21ClO. The third kappa shape index (κ3) is 3.02. The van der Waals surface area contributed by atoms with E-state index in [-0.39, 0.29) is 5.38 Å². The molecule has 2 rings (SSSR count). The van der Waals surface area contributed by atoms with Gasteiger partial charge in [0.25, 0.3) is 0 Å². The number of hydrogen-bond acceptors (Lipinski definition) is 1. The van der Waals surface area contributed by atoms with E-state index in [1.807, 2.05) is 0 Å². The number of benzene rings is 1. The van der Waals surface area contributed by atoms with Crippen molar-refractivity contribution in [3.63, 3.8) is 0 Å². The zero-order valence-corrected chi connectivity index (χ0v) is 11.7. The van der Waals surface area contributed by atoms with Gasteiger partial charge in [-0.25, -0.2) is 0 Å². The molecule has 1 saturated heterocycles. The number of alkyl halides is 1. The van der Waals surface area contributed by atoms with Gasteiger partial charge in [-0.05, 0) is 56.7 Å². The highest BCUT2D eigenvalue weighted by Crippen LogP contribution is 2.34. The molecule has 0 aromatic heterocycles. The Morgan fingerprint density at radius 2 is 1.94 bits per heavy atom. The van der Waals surface area contributed by atoms with E-state index in [1.54, 1.807) is 0 Å². The summed E-state index contributed by atoms with van der Waals surface area (Å²) in [4.78, 5) is 0. The van der Waals surface area contributed by atoms with Crippen LogP contribution in [0.1, 0.15) is 46.9 Å². The lowest BCUT2D eigenvalue weighted by molar-refractivity contribution is 0.103. The van der Waals surface area contributed by atoms with Gasteiger partial charge in [0, 0.05) is 6.61 Å². The van der Waals surface area contributed by atoms with Gasteiger partial charge in [-0.3, -0.25) is 0 Å². The number of ether oxygens (including phenoxy) is 1. The molecule has 1 aromatic carbocycles. The molecule has 0 bridgehead atoms. The van der Waals surface area contributed by atoms with Crippen molar-refractivity contribution < 1.29 is 4.74 Å². The second-order valence-electron chi connectivity index (χ2n) is 5.15. The van der Waals surface area contributed by atoms with Crippen molar-refractivity contribution in [1.29, 1.82) is 0 Å². The number of halogens is 1. The van der Waals surface area contributed by atoms with Gasteiger partial charge in [-0.1, -0.05) is 17.7 Å². The van der Waals surface area contributed by atoms with Crippen LogP contribution in [0.5, 0.6) is 0 Å². The third-order valence-corrected chi connectivity index (χ3v) is 3.94. The molecule has 1 aliphatic heterocycles. The molecule has 94 valence electrons. The summed E-state index contributed by atoms with van der Waals surface area (Å²) in [6, 6.07) is 4.43. The largest absolute Gasteiger partial charge is 0.378 e. The van der Waals surface area contributed by atoms with E-state index in [0.29, 0.717) is 6.10 Å². The predicted molar refractivity (Wildman–Crippen MR) is 72.8 cm³/mol. The summed E-state index contributed by atoms with van der Waals surface area (Å²) < 4.78 is 5.66. The fraction of sp³-hybridized carbons (Fsp3) is 0.600. The first kappa shape index (κ1) is 12.9. The van der Waals surface area contributed by atoms with Crippen LogP contribution >= 0.6 is 11.6 Å². The second-order valence-corrected chi connectivity index (χ2v) is 5.68. The maximum absolute atomic E-state index is 6.57. The lowest BCUT2D eigenvalue weighted by atomic mass is 9.94. The Morgan fingerprint density at radius 3 is 2.47 bits per heavy atom. The second kappa shape index (κ2) is 5.41. The summed E-state index contributed by atoms with van der Waals surface area (Å²) in [6.45, 7) is 7.34. The van der Waals surface area contributed by atoms with E-state index in [2.05, 4.69) is 32.9 Å². The quantitative estimate of drug-likeness (QED) is 0.722. The summed E-state index contributed by atoms with van der Waals surface area (Å²) in [5.74, 6) is 0. The first-order valence-electron chi connectivity index (χ1n) is 6.41. The molecule has 1 nitrogen and oxygen atoms in total. The summed E-state index contributed by atoms with van der Waals surface area (Å²) in [6.07, 6.45) is 3.64. The van der Waals surface area contributed by atoms with Crippen LogP contribution in [0.3, 0.4) is 0 Å². The highest BCUT2D eigenvalue weighted by molar-refractivity contribution is 6.21. The normalized spacial score (nSPS) is 21.8. The van der Waals surface area contributed by atoms with Crippen LogP contribution in [0.4, 0.5) is 0 Å². The van der Waals surface area contributed by atoms with Gasteiger partial charge in [0.15, 0.2) is 0 Å². The van der Waals surface area contributed by atoms with Crippen molar-refractivity contribution in [2.75, 3.05) is 6.61 Å². The Labute approximate surface area is 109 Å². The van der Waals surface area contributed by atoms with Gasteiger partial charge < -0.3 is 4.74 Å². The Balaban J connectivity index is 2.15. The predicted octanol–water partition coefficient (Wildman–Crippen LogP) is 4.46. The SMILES string of the molecule is Cc1cc(C)c(C(Cl)CC2CCCO2)c(C)c1. The van der Waals surface area contributed by atoms with E-state index in [1.165, 1.54) is 28.7 Å². The van der Waals surface area contributed by atoms with E-state index in [0.717, 1.165) is 19.4 Å². The van der Waals surface area contributed by atoms with E-state index < -0.39 is 0 Å². The zero-order chi connectivity index (χ0) is 12.4. The fourth-order valence-electron chi connectivity index (χ4n) is 2.86. The van der Waals surface area contributed by atoms with Gasteiger partial charge in [0.1, 0.15) is 0 Å². The van der Waals surface area contributed by atoms with Gasteiger partial charge in [-0.15, -0.1) is 11.6 Å². The Hall–Kier alpha value is -0.530. The minimum Gasteiger partial charge on any atom is -0.378 e. The molecule has 2 atom stereocenters. The molecule has 0 aliphatic carbocycles. The molecule has 1 aliphatic rings. The third-order valence-electron chi connectivity index (χ3n) is 3.55. The smallest absolute Gasteiger partial charge is 0.0615 e. The average molecular weight is 253 g/mol. The topological polar surface area (TPSA) is 9.23 Å². The van der Waals surface area contributed by atoms with Crippen molar-refractivity contribution in [3.05, 3.63) is 34.4 Å². The molecule has 0 amide bonds. The van der Waals surface area contributed by atoms with Gasteiger partial charge in [0.2, 0.25) is 0 Å². The summed E-state index contributed by atoms with van der Waals surface area (Å²) >= 11 is 6.57. The fourth-order valence-corrected chi connectivity index (χ4v) is 3.41. The molecule has 0 saturated carbocycles. The molecule has 1 heterocycles. The molecular weight excluding hydrogens is 232 g/mol. The first-order chi connectivity index (χ1) is 8.08. The molecule has 1 fully saturated rings. The highest BCUT2D eigenvalue weighted by atomic mass is 35.5. The average Bonchev–Trinajstić information content (AvgIpc) is 2.68. The van der Waals surface area contributed by atoms with Crippen molar-refractivity contribution in [3.8, 4) is 0 Å². The van der Waals surface area contributed by atoms with Gasteiger partial charge >= 0.3 is 0 Å². The standard InChI is InChI=1S/C15H21ClO/c1-10-7-11(2)15(12(3)8-10)14(16)9-13-5-4-6-17-13/h7-8,13-14H,4-6,9H2,1-3H3. The van der Waals surface area contributed by atoms with Crippen LogP contribution in [0, 0.1) is 20.8 Å². The molecule has 0 N–H and O–H groups in total. The van der Waals surface area contributed by atoms with Crippen molar-refractivity contribution in [2.45, 2.75) is 51.5 Å². The zero-order valence-electron chi connectivity index (χ0n) is 10.9. The van der Waals surface area contributed by atoms with Gasteiger partial charge in [0.05, 0.1) is 11.5 Å². The maximum atomic E-state index is 6.57.